The number of nitrogens with one attached hydrogen (secondary N) is 2. The molecule has 5 rings (SSSR count). The molecule has 1 saturated heterocycles. The number of pyridine rings is 1. The van der Waals surface area contributed by atoms with Crippen molar-refractivity contribution in [3.05, 3.63) is 71.3 Å². The largest absolute Gasteiger partial charge is 0.495 e. The smallest absolute Gasteiger partial charge is 0.221 e. The van der Waals surface area contributed by atoms with Gasteiger partial charge in [-0.25, -0.2) is 0 Å². The summed E-state index contributed by atoms with van der Waals surface area (Å²) < 4.78 is 8.01. The lowest BCUT2D eigenvalue weighted by molar-refractivity contribution is -0.114. The topological polar surface area (TPSA) is 71.4 Å². The highest BCUT2D eigenvalue weighted by molar-refractivity contribution is 7.80. The molecule has 2 aliphatic rings. The summed E-state index contributed by atoms with van der Waals surface area (Å²) in [6, 6.07) is 14.4. The maximum absolute atomic E-state index is 11.9. The summed E-state index contributed by atoms with van der Waals surface area (Å²) in [4.78, 5) is 18.7. The molecule has 2 N–H and O–H groups in total. The van der Waals surface area contributed by atoms with Gasteiger partial charge >= 0.3 is 0 Å². The Balaban J connectivity index is 1.64. The molecular weight excluding hydrogens is 470 g/mol. The van der Waals surface area contributed by atoms with Crippen LogP contribution in [0.5, 0.6) is 5.75 Å². The Kier molecular flexibility index (Phi) is 6.71. The number of nitrogens with zero attached hydrogens (tertiary/aromatic N) is 3. The second kappa shape index (κ2) is 9.93. The Bertz CT molecular complexity index is 1280. The van der Waals surface area contributed by atoms with Crippen molar-refractivity contribution in [3.8, 4) is 5.75 Å². The van der Waals surface area contributed by atoms with E-state index < -0.39 is 0 Å². The molecular formula is C28H33N5O2S. The summed E-state index contributed by atoms with van der Waals surface area (Å²) in [5, 5.41) is 7.07. The number of carbonyl (C=O) groups is 1. The van der Waals surface area contributed by atoms with Gasteiger partial charge in [-0.05, 0) is 80.9 Å². The van der Waals surface area contributed by atoms with E-state index in [0.29, 0.717) is 22.6 Å². The SMILES string of the molecule is COc1ccc(N2C(=S)N[C@H](c3ccccn3)[C@@H]2c2cc(C)n(C3CCCC3)c2C)cc1NC(C)=O. The number of methoxy groups -OCH3 is 1. The predicted molar refractivity (Wildman–Crippen MR) is 147 cm³/mol. The highest BCUT2D eigenvalue weighted by Crippen LogP contribution is 2.45. The van der Waals surface area contributed by atoms with Gasteiger partial charge in [0, 0.05) is 36.2 Å². The molecule has 36 heavy (non-hydrogen) atoms. The van der Waals surface area contributed by atoms with Gasteiger partial charge in [-0.1, -0.05) is 18.9 Å². The number of thiocarbonyl (C=S) groups is 1. The third kappa shape index (κ3) is 4.34. The molecule has 0 unspecified atom stereocenters. The summed E-state index contributed by atoms with van der Waals surface area (Å²) in [7, 11) is 1.60. The van der Waals surface area contributed by atoms with Crippen LogP contribution in [0.4, 0.5) is 11.4 Å². The Morgan fingerprint density at radius 1 is 1.17 bits per heavy atom. The maximum Gasteiger partial charge on any atom is 0.221 e. The molecule has 2 aromatic heterocycles. The fourth-order valence-electron chi connectivity index (χ4n) is 5.91. The van der Waals surface area contributed by atoms with Gasteiger partial charge < -0.3 is 24.8 Å². The molecule has 1 amide bonds. The van der Waals surface area contributed by atoms with E-state index in [2.05, 4.69) is 45.0 Å². The summed E-state index contributed by atoms with van der Waals surface area (Å²) in [6.07, 6.45) is 6.84. The monoisotopic (exact) mass is 503 g/mol. The van der Waals surface area contributed by atoms with E-state index in [9.17, 15) is 4.79 Å². The zero-order valence-corrected chi connectivity index (χ0v) is 22.1. The number of amides is 1. The van der Waals surface area contributed by atoms with Crippen LogP contribution in [0.25, 0.3) is 0 Å². The molecule has 2 fully saturated rings. The van der Waals surface area contributed by atoms with Crippen LogP contribution >= 0.6 is 12.2 Å². The standard InChI is InChI=1S/C28H33N5O2S/c1-17-15-22(18(2)32(17)20-9-5-6-10-20)27-26(23-11-7-8-14-29-23)31-28(36)33(27)21-12-13-25(35-4)24(16-21)30-19(3)34/h7-8,11-16,20,26-27H,5-6,9-10H2,1-4H3,(H,30,34)(H,31,36)/t26-,27+/m1/s1. The molecule has 1 saturated carbocycles. The Morgan fingerprint density at radius 2 is 1.94 bits per heavy atom. The molecule has 0 bridgehead atoms. The summed E-state index contributed by atoms with van der Waals surface area (Å²) in [6.45, 7) is 5.93. The molecule has 1 aromatic carbocycles. The van der Waals surface area contributed by atoms with Gasteiger partial charge in [-0.2, -0.15) is 0 Å². The number of aryl methyl sites for hydroxylation is 1. The molecule has 3 aromatic rings. The molecule has 3 heterocycles. The molecule has 1 aliphatic carbocycles. The van der Waals surface area contributed by atoms with Gasteiger partial charge in [-0.15, -0.1) is 0 Å². The number of rotatable bonds is 6. The predicted octanol–water partition coefficient (Wildman–Crippen LogP) is 5.76. The Morgan fingerprint density at radius 3 is 2.61 bits per heavy atom. The van der Waals surface area contributed by atoms with Gasteiger partial charge in [0.15, 0.2) is 5.11 Å². The van der Waals surface area contributed by atoms with Gasteiger partial charge in [0.25, 0.3) is 0 Å². The number of hydrogen-bond acceptors (Lipinski definition) is 4. The van der Waals surface area contributed by atoms with Crippen molar-refractivity contribution >= 4 is 34.6 Å². The Hall–Kier alpha value is -3.39. The lowest BCUT2D eigenvalue weighted by Gasteiger charge is -2.29. The van der Waals surface area contributed by atoms with Crippen molar-refractivity contribution in [2.45, 2.75) is 64.6 Å². The van der Waals surface area contributed by atoms with Crippen molar-refractivity contribution in [2.24, 2.45) is 0 Å². The number of hydrogen-bond donors (Lipinski definition) is 2. The number of carbonyl (C=O) groups excluding carboxylic acids is 1. The van der Waals surface area contributed by atoms with Crippen molar-refractivity contribution in [1.82, 2.24) is 14.9 Å². The lowest BCUT2D eigenvalue weighted by Crippen LogP contribution is -2.29. The van der Waals surface area contributed by atoms with Crippen LogP contribution in [0.2, 0.25) is 0 Å². The van der Waals surface area contributed by atoms with Crippen LogP contribution in [0.3, 0.4) is 0 Å². The number of benzene rings is 1. The number of aromatic nitrogens is 2. The van der Waals surface area contributed by atoms with Crippen molar-refractivity contribution < 1.29 is 9.53 Å². The zero-order valence-electron chi connectivity index (χ0n) is 21.2. The minimum absolute atomic E-state index is 0.104. The summed E-state index contributed by atoms with van der Waals surface area (Å²) >= 11 is 5.92. The van der Waals surface area contributed by atoms with E-state index in [0.717, 1.165) is 11.4 Å². The molecule has 188 valence electrons. The second-order valence-electron chi connectivity index (χ2n) is 9.70. The second-order valence-corrected chi connectivity index (χ2v) is 10.1. The first-order valence-electron chi connectivity index (χ1n) is 12.5. The van der Waals surface area contributed by atoms with Crippen molar-refractivity contribution in [3.63, 3.8) is 0 Å². The van der Waals surface area contributed by atoms with E-state index in [-0.39, 0.29) is 18.0 Å². The highest BCUT2D eigenvalue weighted by atomic mass is 32.1. The van der Waals surface area contributed by atoms with Crippen LogP contribution in [0.15, 0.2) is 48.7 Å². The first-order chi connectivity index (χ1) is 17.4. The minimum atomic E-state index is -0.157. The van der Waals surface area contributed by atoms with E-state index in [1.807, 2.05) is 42.6 Å². The van der Waals surface area contributed by atoms with E-state index >= 15 is 0 Å². The molecule has 2 atom stereocenters. The molecule has 7 nitrogen and oxygen atoms in total. The maximum atomic E-state index is 11.9. The lowest BCUT2D eigenvalue weighted by atomic mass is 9.96. The third-order valence-corrected chi connectivity index (χ3v) is 7.72. The van der Waals surface area contributed by atoms with Gasteiger partial charge in [0.1, 0.15) is 5.75 Å². The normalized spacial score (nSPS) is 20.0. The van der Waals surface area contributed by atoms with Crippen molar-refractivity contribution in [1.29, 1.82) is 0 Å². The van der Waals surface area contributed by atoms with Crippen LogP contribution in [-0.4, -0.2) is 27.7 Å². The quantitative estimate of drug-likeness (QED) is 0.417. The van der Waals surface area contributed by atoms with Gasteiger partial charge in [0.2, 0.25) is 5.91 Å². The Labute approximate surface area is 217 Å². The summed E-state index contributed by atoms with van der Waals surface area (Å²) in [5.41, 5.74) is 6.22. The third-order valence-electron chi connectivity index (χ3n) is 7.40. The molecule has 0 spiro atoms. The zero-order chi connectivity index (χ0) is 25.4. The van der Waals surface area contributed by atoms with Gasteiger partial charge in [-0.3, -0.25) is 9.78 Å². The van der Waals surface area contributed by atoms with E-state index in [1.165, 1.54) is 49.6 Å². The average Bonchev–Trinajstić information content (AvgIpc) is 3.57. The highest BCUT2D eigenvalue weighted by Gasteiger charge is 2.42. The van der Waals surface area contributed by atoms with Crippen molar-refractivity contribution in [2.75, 3.05) is 17.3 Å². The molecule has 8 heteroatoms. The first kappa shape index (κ1) is 24.3. The molecule has 1 aliphatic heterocycles. The van der Waals surface area contributed by atoms with Crippen LogP contribution < -0.4 is 20.3 Å². The van der Waals surface area contributed by atoms with E-state index in [1.54, 1.807) is 7.11 Å². The fraction of sp³-hybridized carbons (Fsp3) is 0.393. The fourth-order valence-corrected chi connectivity index (χ4v) is 6.25. The molecule has 0 radical (unpaired) electrons. The van der Waals surface area contributed by atoms with Crippen LogP contribution in [-0.2, 0) is 4.79 Å². The summed E-state index contributed by atoms with van der Waals surface area (Å²) in [5.74, 6) is 0.444. The average molecular weight is 504 g/mol. The number of ether oxygens (including phenoxy) is 1. The van der Waals surface area contributed by atoms with E-state index in [4.69, 9.17) is 17.0 Å². The van der Waals surface area contributed by atoms with Crippen LogP contribution in [0, 0.1) is 13.8 Å². The minimum Gasteiger partial charge on any atom is -0.495 e. The van der Waals surface area contributed by atoms with Gasteiger partial charge in [0.05, 0.1) is 30.6 Å². The first-order valence-corrected chi connectivity index (χ1v) is 12.9. The van der Waals surface area contributed by atoms with Crippen LogP contribution in [0.1, 0.15) is 73.4 Å². The number of anilines is 2.